The Kier molecular flexibility index (Phi) is 4.99. The highest BCUT2D eigenvalue weighted by atomic mass is 16.4. The zero-order chi connectivity index (χ0) is 13.1. The van der Waals surface area contributed by atoms with Gasteiger partial charge in [-0.2, -0.15) is 0 Å². The van der Waals surface area contributed by atoms with Crippen LogP contribution in [0.4, 0.5) is 0 Å². The average Bonchev–Trinajstić information content (AvgIpc) is 2.25. The van der Waals surface area contributed by atoms with Gasteiger partial charge in [-0.3, -0.25) is 4.79 Å². The summed E-state index contributed by atoms with van der Waals surface area (Å²) in [5.41, 5.74) is 0.381. The Bertz CT molecular complexity index is 249. The molecule has 1 rings (SSSR count). The quantitative estimate of drug-likeness (QED) is 0.822. The van der Waals surface area contributed by atoms with Crippen LogP contribution in [0.3, 0.4) is 0 Å². The van der Waals surface area contributed by atoms with Gasteiger partial charge in [0.05, 0.1) is 5.92 Å². The standard InChI is InChI=1S/C14H27NO2/c1-14(2,3)9-10-15(4)12-7-5-11(6-8-12)13(16)17/h11-12H,5-10H2,1-4H3,(H,16,17). The fourth-order valence-electron chi connectivity index (χ4n) is 2.46. The first-order valence-corrected chi connectivity index (χ1v) is 6.72. The highest BCUT2D eigenvalue weighted by molar-refractivity contribution is 5.70. The third-order valence-electron chi connectivity index (χ3n) is 3.88. The molecule has 1 saturated carbocycles. The molecule has 0 amide bonds. The molecule has 0 aliphatic heterocycles. The lowest BCUT2D eigenvalue weighted by atomic mass is 9.85. The summed E-state index contributed by atoms with van der Waals surface area (Å²) >= 11 is 0. The molecule has 0 radical (unpaired) electrons. The molecule has 3 heteroatoms. The Balaban J connectivity index is 2.31. The first kappa shape index (κ1) is 14.5. The van der Waals surface area contributed by atoms with E-state index in [1.165, 1.54) is 6.42 Å². The minimum atomic E-state index is -0.610. The molecule has 3 nitrogen and oxygen atoms in total. The van der Waals surface area contributed by atoms with Crippen molar-refractivity contribution < 1.29 is 9.90 Å². The Morgan fingerprint density at radius 2 is 1.76 bits per heavy atom. The minimum Gasteiger partial charge on any atom is -0.481 e. The zero-order valence-electron chi connectivity index (χ0n) is 11.7. The van der Waals surface area contributed by atoms with Crippen LogP contribution in [0.1, 0.15) is 52.9 Å². The number of rotatable bonds is 4. The number of carboxylic acid groups (broad SMARTS) is 1. The molecule has 1 aliphatic carbocycles. The predicted octanol–water partition coefficient (Wildman–Crippen LogP) is 3.00. The number of carbonyl (C=O) groups is 1. The van der Waals surface area contributed by atoms with Crippen LogP contribution in [0, 0.1) is 11.3 Å². The van der Waals surface area contributed by atoms with Gasteiger partial charge in [0.1, 0.15) is 0 Å². The highest BCUT2D eigenvalue weighted by Gasteiger charge is 2.28. The van der Waals surface area contributed by atoms with Crippen molar-refractivity contribution in [3.05, 3.63) is 0 Å². The van der Waals surface area contributed by atoms with Crippen LogP contribution in [0.25, 0.3) is 0 Å². The lowest BCUT2D eigenvalue weighted by Gasteiger charge is -2.34. The van der Waals surface area contributed by atoms with Crippen LogP contribution < -0.4 is 0 Å². The van der Waals surface area contributed by atoms with Crippen molar-refractivity contribution in [1.82, 2.24) is 4.90 Å². The zero-order valence-corrected chi connectivity index (χ0v) is 11.7. The lowest BCUT2D eigenvalue weighted by Crippen LogP contribution is -2.38. The van der Waals surface area contributed by atoms with E-state index in [4.69, 9.17) is 5.11 Å². The van der Waals surface area contributed by atoms with E-state index in [1.807, 2.05) is 0 Å². The van der Waals surface area contributed by atoms with Gasteiger partial charge in [0.15, 0.2) is 0 Å². The van der Waals surface area contributed by atoms with Gasteiger partial charge in [-0.1, -0.05) is 20.8 Å². The average molecular weight is 241 g/mol. The van der Waals surface area contributed by atoms with E-state index in [0.29, 0.717) is 11.5 Å². The normalized spacial score (nSPS) is 26.2. The molecule has 1 N–H and O–H groups in total. The second-order valence-corrected chi connectivity index (χ2v) is 6.63. The molecule has 0 unspecified atom stereocenters. The summed E-state index contributed by atoms with van der Waals surface area (Å²) in [7, 11) is 2.18. The summed E-state index contributed by atoms with van der Waals surface area (Å²) in [4.78, 5) is 13.3. The maximum absolute atomic E-state index is 10.9. The van der Waals surface area contributed by atoms with Crippen LogP contribution in [0.2, 0.25) is 0 Å². The van der Waals surface area contributed by atoms with Gasteiger partial charge in [-0.15, -0.1) is 0 Å². The molecule has 1 aliphatic rings. The number of hydrogen-bond donors (Lipinski definition) is 1. The summed E-state index contributed by atoms with van der Waals surface area (Å²) in [6.45, 7) is 7.92. The van der Waals surface area contributed by atoms with Crippen molar-refractivity contribution in [2.75, 3.05) is 13.6 Å². The molecule has 0 saturated heterocycles. The van der Waals surface area contributed by atoms with Gasteiger partial charge in [-0.25, -0.2) is 0 Å². The molecule has 100 valence electrons. The molecule has 0 aromatic rings. The minimum absolute atomic E-state index is 0.0951. The van der Waals surface area contributed by atoms with Crippen LogP contribution in [0.15, 0.2) is 0 Å². The van der Waals surface area contributed by atoms with Gasteiger partial charge in [0.25, 0.3) is 0 Å². The molecule has 0 heterocycles. The molecule has 0 atom stereocenters. The van der Waals surface area contributed by atoms with Gasteiger partial charge >= 0.3 is 5.97 Å². The maximum atomic E-state index is 10.9. The third kappa shape index (κ3) is 5.07. The van der Waals surface area contributed by atoms with E-state index in [0.717, 1.165) is 32.2 Å². The maximum Gasteiger partial charge on any atom is 0.306 e. The summed E-state index contributed by atoms with van der Waals surface area (Å²) in [5, 5.41) is 8.96. The molecule has 0 bridgehead atoms. The summed E-state index contributed by atoms with van der Waals surface area (Å²) < 4.78 is 0. The van der Waals surface area contributed by atoms with Gasteiger partial charge in [0.2, 0.25) is 0 Å². The van der Waals surface area contributed by atoms with Crippen LogP contribution in [-0.2, 0) is 4.79 Å². The second kappa shape index (κ2) is 5.85. The lowest BCUT2D eigenvalue weighted by molar-refractivity contribution is -0.143. The van der Waals surface area contributed by atoms with E-state index in [1.54, 1.807) is 0 Å². The number of aliphatic carboxylic acids is 1. The largest absolute Gasteiger partial charge is 0.481 e. The van der Waals surface area contributed by atoms with E-state index >= 15 is 0 Å². The van der Waals surface area contributed by atoms with E-state index in [-0.39, 0.29) is 5.92 Å². The number of carboxylic acids is 1. The molecule has 1 fully saturated rings. The van der Waals surface area contributed by atoms with Gasteiger partial charge < -0.3 is 10.0 Å². The van der Waals surface area contributed by atoms with Crippen LogP contribution in [0.5, 0.6) is 0 Å². The van der Waals surface area contributed by atoms with Crippen LogP contribution >= 0.6 is 0 Å². The Labute approximate surface area is 105 Å². The Morgan fingerprint density at radius 3 is 2.18 bits per heavy atom. The Hall–Kier alpha value is -0.570. The smallest absolute Gasteiger partial charge is 0.306 e. The fourth-order valence-corrected chi connectivity index (χ4v) is 2.46. The van der Waals surface area contributed by atoms with Crippen molar-refractivity contribution in [1.29, 1.82) is 0 Å². The first-order valence-electron chi connectivity index (χ1n) is 6.72. The Morgan fingerprint density at radius 1 is 1.24 bits per heavy atom. The summed E-state index contributed by atoms with van der Waals surface area (Å²) in [6, 6.07) is 0.591. The third-order valence-corrected chi connectivity index (χ3v) is 3.88. The summed E-state index contributed by atoms with van der Waals surface area (Å²) in [5.74, 6) is -0.705. The van der Waals surface area contributed by atoms with Crippen molar-refractivity contribution in [3.63, 3.8) is 0 Å². The van der Waals surface area contributed by atoms with Crippen molar-refractivity contribution >= 4 is 5.97 Å². The fraction of sp³-hybridized carbons (Fsp3) is 0.929. The monoisotopic (exact) mass is 241 g/mol. The number of hydrogen-bond acceptors (Lipinski definition) is 2. The highest BCUT2D eigenvalue weighted by Crippen LogP contribution is 2.28. The van der Waals surface area contributed by atoms with E-state index < -0.39 is 5.97 Å². The first-order chi connectivity index (χ1) is 7.79. The molecule has 17 heavy (non-hydrogen) atoms. The van der Waals surface area contributed by atoms with Crippen molar-refractivity contribution in [2.24, 2.45) is 11.3 Å². The van der Waals surface area contributed by atoms with Crippen molar-refractivity contribution in [2.45, 2.75) is 58.9 Å². The topological polar surface area (TPSA) is 40.5 Å². The SMILES string of the molecule is CN(CCC(C)(C)C)C1CCC(C(=O)O)CC1. The van der Waals surface area contributed by atoms with Gasteiger partial charge in [0, 0.05) is 6.04 Å². The molecule has 0 aromatic carbocycles. The molecule has 0 aromatic heterocycles. The van der Waals surface area contributed by atoms with Crippen molar-refractivity contribution in [3.8, 4) is 0 Å². The molecular weight excluding hydrogens is 214 g/mol. The van der Waals surface area contributed by atoms with Gasteiger partial charge in [-0.05, 0) is 51.1 Å². The molecule has 0 spiro atoms. The molecular formula is C14H27NO2. The van der Waals surface area contributed by atoms with E-state index in [2.05, 4.69) is 32.7 Å². The van der Waals surface area contributed by atoms with E-state index in [9.17, 15) is 4.79 Å². The number of nitrogens with zero attached hydrogens (tertiary/aromatic N) is 1. The summed E-state index contributed by atoms with van der Waals surface area (Å²) in [6.07, 6.45) is 4.97. The second-order valence-electron chi connectivity index (χ2n) is 6.63. The predicted molar refractivity (Wildman–Crippen MR) is 70.1 cm³/mol. The van der Waals surface area contributed by atoms with Crippen LogP contribution in [-0.4, -0.2) is 35.6 Å².